The van der Waals surface area contributed by atoms with E-state index in [1.807, 2.05) is 13.0 Å². The lowest BCUT2D eigenvalue weighted by atomic mass is 10.1. The van der Waals surface area contributed by atoms with Gasteiger partial charge >= 0.3 is 5.97 Å². The normalized spacial score (nSPS) is 11.4. The van der Waals surface area contributed by atoms with Crippen LogP contribution in [-0.4, -0.2) is 18.5 Å². The molecule has 154 valence electrons. The Morgan fingerprint density at radius 1 is 0.933 bits per heavy atom. The van der Waals surface area contributed by atoms with Gasteiger partial charge in [0.05, 0.1) is 18.7 Å². The Balaban J connectivity index is 1.78. The fraction of sp³-hybridized carbons (Fsp3) is 0.167. The van der Waals surface area contributed by atoms with Gasteiger partial charge in [-0.3, -0.25) is 9.59 Å². The van der Waals surface area contributed by atoms with Gasteiger partial charge in [0, 0.05) is 5.56 Å². The second-order valence-corrected chi connectivity index (χ2v) is 6.50. The van der Waals surface area contributed by atoms with Crippen LogP contribution in [0.25, 0.3) is 0 Å². The van der Waals surface area contributed by atoms with Crippen LogP contribution in [0.3, 0.4) is 0 Å². The SMILES string of the molecule is CCOc1ccccc1NC(=O)[C@@H](OC(=O)Cc1ccc(F)cc1)c1ccccc1. The van der Waals surface area contributed by atoms with E-state index >= 15 is 0 Å². The Morgan fingerprint density at radius 3 is 2.30 bits per heavy atom. The highest BCUT2D eigenvalue weighted by Crippen LogP contribution is 2.27. The summed E-state index contributed by atoms with van der Waals surface area (Å²) in [7, 11) is 0. The molecule has 1 N–H and O–H groups in total. The molecular formula is C24H22FNO4. The van der Waals surface area contributed by atoms with Gasteiger partial charge in [-0.1, -0.05) is 54.6 Å². The number of hydrogen-bond acceptors (Lipinski definition) is 4. The molecule has 0 aliphatic heterocycles. The van der Waals surface area contributed by atoms with E-state index in [-0.39, 0.29) is 12.2 Å². The van der Waals surface area contributed by atoms with Crippen LogP contribution in [-0.2, 0) is 20.7 Å². The first-order valence-electron chi connectivity index (χ1n) is 9.58. The number of hydrogen-bond donors (Lipinski definition) is 1. The molecule has 6 heteroatoms. The summed E-state index contributed by atoms with van der Waals surface area (Å²) in [5.41, 5.74) is 1.62. The standard InChI is InChI=1S/C24H22FNO4/c1-2-29-21-11-7-6-10-20(21)26-24(28)23(18-8-4-3-5-9-18)30-22(27)16-17-12-14-19(25)15-13-17/h3-15,23H,2,16H2,1H3,(H,26,28)/t23-/m0/s1. The molecule has 3 aromatic rings. The van der Waals surface area contributed by atoms with Crippen molar-refractivity contribution >= 4 is 17.6 Å². The van der Waals surface area contributed by atoms with E-state index in [9.17, 15) is 14.0 Å². The van der Waals surface area contributed by atoms with Crippen LogP contribution in [0.15, 0.2) is 78.9 Å². The van der Waals surface area contributed by atoms with Gasteiger partial charge in [-0.05, 0) is 36.8 Å². The van der Waals surface area contributed by atoms with Crippen LogP contribution < -0.4 is 10.1 Å². The lowest BCUT2D eigenvalue weighted by molar-refractivity contribution is -0.154. The Morgan fingerprint density at radius 2 is 1.60 bits per heavy atom. The van der Waals surface area contributed by atoms with Gasteiger partial charge in [0.25, 0.3) is 5.91 Å². The largest absolute Gasteiger partial charge is 0.492 e. The van der Waals surface area contributed by atoms with Crippen molar-refractivity contribution in [1.29, 1.82) is 0 Å². The van der Waals surface area contributed by atoms with E-state index in [0.717, 1.165) is 0 Å². The quantitative estimate of drug-likeness (QED) is 0.550. The summed E-state index contributed by atoms with van der Waals surface area (Å²) in [4.78, 5) is 25.5. The van der Waals surface area contributed by atoms with E-state index in [1.165, 1.54) is 24.3 Å². The molecule has 0 aliphatic carbocycles. The summed E-state index contributed by atoms with van der Waals surface area (Å²) < 4.78 is 24.1. The molecule has 0 aromatic heterocycles. The van der Waals surface area contributed by atoms with E-state index < -0.39 is 18.0 Å². The van der Waals surface area contributed by atoms with Crippen molar-refractivity contribution in [1.82, 2.24) is 0 Å². The Bertz CT molecular complexity index is 990. The van der Waals surface area contributed by atoms with Gasteiger partial charge in [-0.15, -0.1) is 0 Å². The molecular weight excluding hydrogens is 385 g/mol. The number of carbonyl (C=O) groups excluding carboxylic acids is 2. The number of amides is 1. The molecule has 0 saturated carbocycles. The average molecular weight is 407 g/mol. The highest BCUT2D eigenvalue weighted by molar-refractivity contribution is 5.97. The molecule has 0 aliphatic rings. The molecule has 30 heavy (non-hydrogen) atoms. The van der Waals surface area contributed by atoms with Crippen LogP contribution in [0.5, 0.6) is 5.75 Å². The second-order valence-electron chi connectivity index (χ2n) is 6.50. The zero-order valence-corrected chi connectivity index (χ0v) is 16.5. The van der Waals surface area contributed by atoms with Gasteiger partial charge < -0.3 is 14.8 Å². The lowest BCUT2D eigenvalue weighted by Crippen LogP contribution is -2.26. The fourth-order valence-corrected chi connectivity index (χ4v) is 2.89. The van der Waals surface area contributed by atoms with Crippen molar-refractivity contribution in [2.45, 2.75) is 19.4 Å². The van der Waals surface area contributed by atoms with E-state index in [1.54, 1.807) is 48.5 Å². The third kappa shape index (κ3) is 5.67. The first kappa shape index (κ1) is 21.0. The number of para-hydroxylation sites is 2. The van der Waals surface area contributed by atoms with Gasteiger partial charge in [0.1, 0.15) is 11.6 Å². The molecule has 0 heterocycles. The molecule has 0 bridgehead atoms. The Kier molecular flexibility index (Phi) is 7.16. The number of carbonyl (C=O) groups is 2. The van der Waals surface area contributed by atoms with E-state index in [4.69, 9.17) is 9.47 Å². The molecule has 3 rings (SSSR count). The smallest absolute Gasteiger partial charge is 0.311 e. The third-order valence-corrected chi connectivity index (χ3v) is 4.30. The van der Waals surface area contributed by atoms with Crippen molar-refractivity contribution in [3.63, 3.8) is 0 Å². The molecule has 0 saturated heterocycles. The topological polar surface area (TPSA) is 64.6 Å². The van der Waals surface area contributed by atoms with E-state index in [0.29, 0.717) is 29.2 Å². The summed E-state index contributed by atoms with van der Waals surface area (Å²) >= 11 is 0. The number of nitrogens with one attached hydrogen (secondary N) is 1. The number of halogens is 1. The summed E-state index contributed by atoms with van der Waals surface area (Å²) in [6.07, 6.45) is -1.22. The number of anilines is 1. The molecule has 5 nitrogen and oxygen atoms in total. The van der Waals surface area contributed by atoms with Gasteiger partial charge in [-0.2, -0.15) is 0 Å². The maximum absolute atomic E-state index is 13.1. The van der Waals surface area contributed by atoms with Crippen molar-refractivity contribution in [3.05, 3.63) is 95.8 Å². The Labute approximate surface area is 174 Å². The van der Waals surface area contributed by atoms with Crippen molar-refractivity contribution in [2.24, 2.45) is 0 Å². The highest BCUT2D eigenvalue weighted by atomic mass is 19.1. The maximum Gasteiger partial charge on any atom is 0.311 e. The average Bonchev–Trinajstić information content (AvgIpc) is 2.76. The lowest BCUT2D eigenvalue weighted by Gasteiger charge is -2.19. The second kappa shape index (κ2) is 10.2. The molecule has 0 radical (unpaired) electrons. The van der Waals surface area contributed by atoms with Crippen molar-refractivity contribution < 1.29 is 23.5 Å². The predicted octanol–water partition coefficient (Wildman–Crippen LogP) is 4.69. The number of esters is 1. The molecule has 1 amide bonds. The summed E-state index contributed by atoms with van der Waals surface area (Å²) in [5.74, 6) is -0.955. The van der Waals surface area contributed by atoms with Gasteiger partial charge in [0.2, 0.25) is 6.10 Å². The highest BCUT2D eigenvalue weighted by Gasteiger charge is 2.26. The van der Waals surface area contributed by atoms with Gasteiger partial charge in [-0.25, -0.2) is 4.39 Å². The molecule has 3 aromatic carbocycles. The van der Waals surface area contributed by atoms with E-state index in [2.05, 4.69) is 5.32 Å². The van der Waals surface area contributed by atoms with Crippen molar-refractivity contribution in [3.8, 4) is 5.75 Å². The minimum absolute atomic E-state index is 0.0770. The summed E-state index contributed by atoms with van der Waals surface area (Å²) in [6.45, 7) is 2.30. The maximum atomic E-state index is 13.1. The van der Waals surface area contributed by atoms with Crippen LogP contribution in [0.1, 0.15) is 24.2 Å². The first-order valence-corrected chi connectivity index (χ1v) is 9.58. The zero-order valence-electron chi connectivity index (χ0n) is 16.5. The molecule has 0 fully saturated rings. The van der Waals surface area contributed by atoms with Crippen LogP contribution in [0, 0.1) is 5.82 Å². The number of rotatable bonds is 8. The molecule has 0 spiro atoms. The molecule has 0 unspecified atom stereocenters. The zero-order chi connectivity index (χ0) is 21.3. The van der Waals surface area contributed by atoms with Gasteiger partial charge in [0.15, 0.2) is 0 Å². The monoisotopic (exact) mass is 407 g/mol. The minimum Gasteiger partial charge on any atom is -0.492 e. The summed E-state index contributed by atoms with van der Waals surface area (Å²) in [5, 5.41) is 2.78. The number of ether oxygens (including phenoxy) is 2. The first-order chi connectivity index (χ1) is 14.6. The fourth-order valence-electron chi connectivity index (χ4n) is 2.89. The molecule has 1 atom stereocenters. The van der Waals surface area contributed by atoms with Crippen LogP contribution >= 0.6 is 0 Å². The third-order valence-electron chi connectivity index (χ3n) is 4.30. The minimum atomic E-state index is -1.14. The Hall–Kier alpha value is -3.67. The van der Waals surface area contributed by atoms with Crippen LogP contribution in [0.2, 0.25) is 0 Å². The predicted molar refractivity (Wildman–Crippen MR) is 112 cm³/mol. The van der Waals surface area contributed by atoms with Crippen LogP contribution in [0.4, 0.5) is 10.1 Å². The summed E-state index contributed by atoms with van der Waals surface area (Å²) in [6, 6.07) is 21.4. The van der Waals surface area contributed by atoms with Crippen molar-refractivity contribution in [2.75, 3.05) is 11.9 Å². The number of benzene rings is 3.